The van der Waals surface area contributed by atoms with Gasteiger partial charge in [0.05, 0.1) is 12.7 Å². The van der Waals surface area contributed by atoms with Gasteiger partial charge in [0.25, 0.3) is 0 Å². The molecule has 1 aromatic carbocycles. The number of anilines is 1. The molecule has 0 spiro atoms. The molecule has 0 aliphatic heterocycles. The predicted molar refractivity (Wildman–Crippen MR) is 155 cm³/mol. The van der Waals surface area contributed by atoms with Crippen LogP contribution in [0.3, 0.4) is 0 Å². The number of halogens is 3. The van der Waals surface area contributed by atoms with Crippen LogP contribution in [0.15, 0.2) is 24.3 Å². The van der Waals surface area contributed by atoms with Crippen molar-refractivity contribution < 1.29 is 14.3 Å². The lowest BCUT2D eigenvalue weighted by Gasteiger charge is -2.27. The van der Waals surface area contributed by atoms with Crippen LogP contribution in [0.2, 0.25) is 0 Å². The Bertz CT molecular complexity index is 789. The van der Waals surface area contributed by atoms with E-state index in [1.807, 2.05) is 0 Å². The normalized spacial score (nSPS) is 12.0. The summed E-state index contributed by atoms with van der Waals surface area (Å²) >= 11 is 23.5. The van der Waals surface area contributed by atoms with Gasteiger partial charge in [-0.05, 0) is 42.9 Å². The first-order chi connectivity index (χ1) is 17.2. The van der Waals surface area contributed by atoms with Gasteiger partial charge in [-0.3, -0.25) is 4.79 Å². The Kier molecular flexibility index (Phi) is 17.2. The molecule has 0 unspecified atom stereocenters. The molecule has 0 saturated heterocycles. The van der Waals surface area contributed by atoms with Gasteiger partial charge in [0, 0.05) is 12.1 Å². The maximum absolute atomic E-state index is 12.4. The van der Waals surface area contributed by atoms with E-state index < -0.39 is 15.9 Å². The summed E-state index contributed by atoms with van der Waals surface area (Å²) < 4.78 is 2.86. The Hall–Kier alpha value is -1.28. The van der Waals surface area contributed by atoms with E-state index in [1.165, 1.54) is 64.9 Å². The highest BCUT2D eigenvalue weighted by molar-refractivity contribution is 7.80. The molecule has 0 aliphatic rings. The zero-order valence-corrected chi connectivity index (χ0v) is 24.4. The first-order valence-electron chi connectivity index (χ1n) is 12.8. The summed E-state index contributed by atoms with van der Waals surface area (Å²) in [6, 6.07) is 6.52. The fourth-order valence-electron chi connectivity index (χ4n) is 3.67. The first-order valence-corrected chi connectivity index (χ1v) is 14.3. The van der Waals surface area contributed by atoms with Gasteiger partial charge in [-0.2, -0.15) is 0 Å². The van der Waals surface area contributed by atoms with E-state index in [-0.39, 0.29) is 11.0 Å². The first kappa shape index (κ1) is 32.7. The van der Waals surface area contributed by atoms with Crippen molar-refractivity contribution in [1.82, 2.24) is 10.6 Å². The minimum absolute atomic E-state index is 0.155. The highest BCUT2D eigenvalue weighted by atomic mass is 35.6. The Morgan fingerprint density at radius 1 is 0.861 bits per heavy atom. The third-order valence-corrected chi connectivity index (χ3v) is 6.60. The average Bonchev–Trinajstić information content (AvgIpc) is 2.83. The maximum atomic E-state index is 12.4. The van der Waals surface area contributed by atoms with Crippen molar-refractivity contribution in [3.8, 4) is 0 Å². The number of esters is 1. The molecule has 0 radical (unpaired) electrons. The number of amides is 1. The molecule has 204 valence electrons. The molecule has 3 N–H and O–H groups in total. The molecule has 0 aromatic heterocycles. The molecule has 0 fully saturated rings. The number of benzene rings is 1. The molecule has 1 amide bonds. The van der Waals surface area contributed by atoms with Gasteiger partial charge in [0.15, 0.2) is 5.11 Å². The summed E-state index contributed by atoms with van der Waals surface area (Å²) in [5.41, 5.74) is 1.03. The van der Waals surface area contributed by atoms with E-state index in [9.17, 15) is 9.59 Å². The number of carbonyl (C=O) groups is 2. The van der Waals surface area contributed by atoms with Crippen LogP contribution in [0.4, 0.5) is 5.69 Å². The van der Waals surface area contributed by atoms with E-state index in [1.54, 1.807) is 24.3 Å². The summed E-state index contributed by atoms with van der Waals surface area (Å²) in [6.45, 7) is 2.24. The summed E-state index contributed by atoms with van der Waals surface area (Å²) in [5.74, 6) is -0.648. The van der Waals surface area contributed by atoms with Crippen molar-refractivity contribution in [2.75, 3.05) is 12.4 Å². The van der Waals surface area contributed by atoms with Gasteiger partial charge >= 0.3 is 5.97 Å². The lowest BCUT2D eigenvalue weighted by Crippen LogP contribution is -2.56. The third-order valence-electron chi connectivity index (χ3n) is 5.73. The fourth-order valence-corrected chi connectivity index (χ4v) is 4.23. The Labute approximate surface area is 236 Å². The van der Waals surface area contributed by atoms with Gasteiger partial charge < -0.3 is 20.7 Å². The minimum atomic E-state index is -1.81. The van der Waals surface area contributed by atoms with Crippen LogP contribution < -0.4 is 16.0 Å². The molecule has 6 nitrogen and oxygen atoms in total. The van der Waals surface area contributed by atoms with Crippen LogP contribution in [0.25, 0.3) is 0 Å². The van der Waals surface area contributed by atoms with E-state index in [2.05, 4.69) is 27.6 Å². The summed E-state index contributed by atoms with van der Waals surface area (Å²) in [5, 5.41) is 8.63. The van der Waals surface area contributed by atoms with E-state index >= 15 is 0 Å². The molecule has 1 atom stereocenters. The van der Waals surface area contributed by atoms with Gasteiger partial charge in [-0.1, -0.05) is 112 Å². The molecule has 1 aromatic rings. The highest BCUT2D eigenvalue weighted by Crippen LogP contribution is 2.29. The second kappa shape index (κ2) is 18.9. The predicted octanol–water partition coefficient (Wildman–Crippen LogP) is 7.66. The average molecular weight is 581 g/mol. The van der Waals surface area contributed by atoms with Gasteiger partial charge in [0.1, 0.15) is 6.17 Å². The smallest absolute Gasteiger partial charge is 0.337 e. The van der Waals surface area contributed by atoms with E-state index in [0.29, 0.717) is 17.7 Å². The standard InChI is InChI=1S/C26H40Cl3N3O3S/c1-3-4-5-6-7-8-9-10-11-12-13-14-15-22(33)31-24(26(27,28)29)32-25(36)30-21-18-16-20(17-19-21)23(34)35-2/h16-19,24H,3-15H2,1-2H3,(H,31,33)(H2,30,32,36)/t24-/m1/s1. The SMILES string of the molecule is CCCCCCCCCCCCCCC(=O)N[C@H](NC(=S)Nc1ccc(C(=O)OC)cc1)C(Cl)(Cl)Cl. The van der Waals surface area contributed by atoms with Crippen molar-refractivity contribution in [3.05, 3.63) is 29.8 Å². The van der Waals surface area contributed by atoms with Crippen molar-refractivity contribution >= 4 is 69.7 Å². The van der Waals surface area contributed by atoms with E-state index in [0.717, 1.165) is 19.3 Å². The van der Waals surface area contributed by atoms with Crippen LogP contribution in [0.5, 0.6) is 0 Å². The lowest BCUT2D eigenvalue weighted by molar-refractivity contribution is -0.122. The minimum Gasteiger partial charge on any atom is -0.465 e. The second-order valence-corrected chi connectivity index (χ2v) is 11.6. The number of hydrogen-bond acceptors (Lipinski definition) is 4. The Morgan fingerprint density at radius 3 is 1.83 bits per heavy atom. The summed E-state index contributed by atoms with van der Waals surface area (Å²) in [7, 11) is 1.32. The maximum Gasteiger partial charge on any atom is 0.337 e. The molecule has 0 bridgehead atoms. The monoisotopic (exact) mass is 579 g/mol. The topological polar surface area (TPSA) is 79.5 Å². The van der Waals surface area contributed by atoms with Gasteiger partial charge in [-0.25, -0.2) is 4.79 Å². The van der Waals surface area contributed by atoms with Crippen LogP contribution in [-0.4, -0.2) is 34.1 Å². The number of carbonyl (C=O) groups excluding carboxylic acids is 2. The number of alkyl halides is 3. The third kappa shape index (κ3) is 15.1. The second-order valence-electron chi connectivity index (χ2n) is 8.85. The number of rotatable bonds is 17. The van der Waals surface area contributed by atoms with E-state index in [4.69, 9.17) is 47.0 Å². The van der Waals surface area contributed by atoms with Crippen LogP contribution in [-0.2, 0) is 9.53 Å². The molecular weight excluding hydrogens is 541 g/mol. The summed E-state index contributed by atoms with van der Waals surface area (Å²) in [6.07, 6.45) is 14.0. The molecular formula is C26H40Cl3N3O3S. The molecule has 0 aliphatic carbocycles. The van der Waals surface area contributed by atoms with Crippen LogP contribution >= 0.6 is 47.0 Å². The molecule has 0 saturated carbocycles. The largest absolute Gasteiger partial charge is 0.465 e. The molecule has 1 rings (SSSR count). The van der Waals surface area contributed by atoms with Crippen LogP contribution in [0.1, 0.15) is 101 Å². The van der Waals surface area contributed by atoms with Crippen molar-refractivity contribution in [2.45, 2.75) is 100 Å². The van der Waals surface area contributed by atoms with Crippen molar-refractivity contribution in [2.24, 2.45) is 0 Å². The zero-order valence-electron chi connectivity index (χ0n) is 21.3. The number of hydrogen-bond donors (Lipinski definition) is 3. The number of nitrogens with one attached hydrogen (secondary N) is 3. The van der Waals surface area contributed by atoms with Gasteiger partial charge in [0.2, 0.25) is 9.70 Å². The van der Waals surface area contributed by atoms with Crippen molar-refractivity contribution in [3.63, 3.8) is 0 Å². The zero-order chi connectivity index (χ0) is 26.8. The Balaban J connectivity index is 2.30. The number of unbranched alkanes of at least 4 members (excludes halogenated alkanes) is 11. The molecule has 36 heavy (non-hydrogen) atoms. The number of methoxy groups -OCH3 is 1. The quantitative estimate of drug-likeness (QED) is 0.0577. The highest BCUT2D eigenvalue weighted by Gasteiger charge is 2.34. The Morgan fingerprint density at radius 2 is 1.36 bits per heavy atom. The molecule has 10 heteroatoms. The van der Waals surface area contributed by atoms with Crippen LogP contribution in [0, 0.1) is 0 Å². The van der Waals surface area contributed by atoms with Crippen molar-refractivity contribution in [1.29, 1.82) is 0 Å². The number of ether oxygens (including phenoxy) is 1. The van der Waals surface area contributed by atoms with Gasteiger partial charge in [-0.15, -0.1) is 0 Å². The lowest BCUT2D eigenvalue weighted by atomic mass is 10.0. The molecule has 0 heterocycles. The fraction of sp³-hybridized carbons (Fsp3) is 0.654. The summed E-state index contributed by atoms with van der Waals surface area (Å²) in [4.78, 5) is 24.0. The number of thiocarbonyl (C=S) groups is 1.